The molecule has 1 unspecified atom stereocenters. The maximum atomic E-state index is 14.5. The van der Waals surface area contributed by atoms with Gasteiger partial charge in [0.15, 0.2) is 5.78 Å². The summed E-state index contributed by atoms with van der Waals surface area (Å²) in [6.07, 6.45) is -1.21. The fraction of sp³-hybridized carbons (Fsp3) is 0.0625. The molecule has 2 aromatic carbocycles. The second kappa shape index (κ2) is 4.96. The molecule has 0 saturated carbocycles. The van der Waals surface area contributed by atoms with Crippen LogP contribution in [-0.4, -0.2) is 10.9 Å². The number of Topliss-reactive ketones (excluding diaryl/α,β-unsaturated/α-hetero) is 1. The molecular weight excluding hydrogens is 323 g/mol. The number of carbonyl (C=O) groups excluding carboxylic acids is 1. The van der Waals surface area contributed by atoms with Crippen LogP contribution in [0.1, 0.15) is 27.6 Å². The van der Waals surface area contributed by atoms with Gasteiger partial charge >= 0.3 is 0 Å². The average Bonchev–Trinajstić information content (AvgIpc) is 2.72. The fourth-order valence-electron chi connectivity index (χ4n) is 2.34. The quantitative estimate of drug-likeness (QED) is 0.799. The average molecular weight is 333 g/mol. The molecule has 100 valence electrons. The number of hydrogen-bond donors (Lipinski definition) is 1. The molecule has 0 aliphatic heterocycles. The molecule has 20 heavy (non-hydrogen) atoms. The molecule has 1 aliphatic carbocycles. The Morgan fingerprint density at radius 1 is 1.10 bits per heavy atom. The molecule has 0 aromatic heterocycles. The maximum Gasteiger partial charge on any atom is 0.195 e. The van der Waals surface area contributed by atoms with Gasteiger partial charge in [-0.05, 0) is 17.7 Å². The van der Waals surface area contributed by atoms with Crippen LogP contribution in [-0.2, 0) is 0 Å². The molecule has 2 aromatic rings. The Kier molecular flexibility index (Phi) is 3.28. The number of carbonyl (C=O) groups is 1. The van der Waals surface area contributed by atoms with Gasteiger partial charge in [0.2, 0.25) is 0 Å². The Bertz CT molecular complexity index is 720. The zero-order valence-electron chi connectivity index (χ0n) is 10.3. The fourth-order valence-corrected chi connectivity index (χ4v) is 2.60. The summed E-state index contributed by atoms with van der Waals surface area (Å²) in [4.78, 5) is 12.2. The molecule has 0 amide bonds. The molecule has 0 bridgehead atoms. The molecular formula is C16H10BrFO2. The summed E-state index contributed by atoms with van der Waals surface area (Å²) >= 11 is 3.27. The van der Waals surface area contributed by atoms with Crippen molar-refractivity contribution >= 4 is 27.5 Å². The van der Waals surface area contributed by atoms with E-state index < -0.39 is 17.7 Å². The van der Waals surface area contributed by atoms with Crippen LogP contribution < -0.4 is 0 Å². The molecule has 0 heterocycles. The van der Waals surface area contributed by atoms with Crippen molar-refractivity contribution in [1.29, 1.82) is 0 Å². The Morgan fingerprint density at radius 2 is 1.75 bits per heavy atom. The molecule has 0 radical (unpaired) electrons. The van der Waals surface area contributed by atoms with Gasteiger partial charge < -0.3 is 5.11 Å². The van der Waals surface area contributed by atoms with Gasteiger partial charge in [-0.1, -0.05) is 52.3 Å². The van der Waals surface area contributed by atoms with Gasteiger partial charge in [-0.2, -0.15) is 0 Å². The van der Waals surface area contributed by atoms with Gasteiger partial charge in [-0.25, -0.2) is 4.39 Å². The number of ketones is 1. The zero-order chi connectivity index (χ0) is 14.3. The van der Waals surface area contributed by atoms with Crippen molar-refractivity contribution < 1.29 is 14.3 Å². The highest BCUT2D eigenvalue weighted by Crippen LogP contribution is 2.40. The Balaban J connectivity index is 2.13. The SMILES string of the molecule is O=C1C(=C(F)c2ccc(Br)cc2)C(O)c2ccccc21. The number of aliphatic hydroxyl groups excluding tert-OH is 1. The molecule has 1 aliphatic rings. The monoisotopic (exact) mass is 332 g/mol. The number of rotatable bonds is 1. The van der Waals surface area contributed by atoms with Crippen LogP contribution in [0.4, 0.5) is 4.39 Å². The van der Waals surface area contributed by atoms with E-state index in [0.29, 0.717) is 11.1 Å². The predicted octanol–water partition coefficient (Wildman–Crippen LogP) is 4.06. The molecule has 2 nitrogen and oxygen atoms in total. The number of aliphatic hydroxyl groups is 1. The summed E-state index contributed by atoms with van der Waals surface area (Å²) in [5, 5.41) is 10.2. The molecule has 4 heteroatoms. The van der Waals surface area contributed by atoms with Crippen LogP contribution in [0, 0.1) is 0 Å². The lowest BCUT2D eigenvalue weighted by molar-refractivity contribution is 0.101. The lowest BCUT2D eigenvalue weighted by Crippen LogP contribution is -2.02. The first-order valence-corrected chi connectivity index (χ1v) is 6.86. The van der Waals surface area contributed by atoms with Crippen molar-refractivity contribution in [3.8, 4) is 0 Å². The van der Waals surface area contributed by atoms with E-state index in [2.05, 4.69) is 15.9 Å². The van der Waals surface area contributed by atoms with Crippen LogP contribution in [0.25, 0.3) is 5.83 Å². The molecule has 0 saturated heterocycles. The minimum absolute atomic E-state index is 0.187. The minimum Gasteiger partial charge on any atom is -0.383 e. The highest BCUT2D eigenvalue weighted by Gasteiger charge is 2.36. The summed E-state index contributed by atoms with van der Waals surface area (Å²) in [6, 6.07) is 13.2. The predicted molar refractivity (Wildman–Crippen MR) is 77.9 cm³/mol. The van der Waals surface area contributed by atoms with Crippen molar-refractivity contribution in [2.24, 2.45) is 0 Å². The molecule has 0 fully saturated rings. The van der Waals surface area contributed by atoms with Gasteiger partial charge in [0.1, 0.15) is 11.9 Å². The van der Waals surface area contributed by atoms with Gasteiger partial charge in [0.25, 0.3) is 0 Å². The zero-order valence-corrected chi connectivity index (χ0v) is 11.9. The van der Waals surface area contributed by atoms with E-state index in [1.807, 2.05) is 0 Å². The second-order valence-electron chi connectivity index (χ2n) is 4.55. The summed E-state index contributed by atoms with van der Waals surface area (Å²) in [6.45, 7) is 0. The Labute approximate surface area is 123 Å². The lowest BCUT2D eigenvalue weighted by atomic mass is 10.0. The summed E-state index contributed by atoms with van der Waals surface area (Å²) in [5.74, 6) is -1.13. The van der Waals surface area contributed by atoms with Crippen LogP contribution >= 0.6 is 15.9 Å². The molecule has 1 N–H and O–H groups in total. The third kappa shape index (κ3) is 2.01. The van der Waals surface area contributed by atoms with Gasteiger partial charge in [0.05, 0.1) is 5.57 Å². The molecule has 0 spiro atoms. The van der Waals surface area contributed by atoms with Crippen molar-refractivity contribution in [3.63, 3.8) is 0 Å². The van der Waals surface area contributed by atoms with Gasteiger partial charge in [-0.15, -0.1) is 0 Å². The van der Waals surface area contributed by atoms with Crippen molar-refractivity contribution in [3.05, 3.63) is 75.3 Å². The van der Waals surface area contributed by atoms with Crippen LogP contribution in [0.15, 0.2) is 58.6 Å². The van der Waals surface area contributed by atoms with Crippen molar-refractivity contribution in [2.45, 2.75) is 6.10 Å². The number of benzene rings is 2. The van der Waals surface area contributed by atoms with E-state index in [1.165, 1.54) is 0 Å². The normalized spacial score (nSPS) is 19.9. The topological polar surface area (TPSA) is 37.3 Å². The first-order chi connectivity index (χ1) is 9.59. The highest BCUT2D eigenvalue weighted by atomic mass is 79.9. The number of hydrogen-bond acceptors (Lipinski definition) is 2. The van der Waals surface area contributed by atoms with Crippen LogP contribution in [0.2, 0.25) is 0 Å². The van der Waals surface area contributed by atoms with E-state index in [4.69, 9.17) is 0 Å². The van der Waals surface area contributed by atoms with E-state index in [-0.39, 0.29) is 11.1 Å². The van der Waals surface area contributed by atoms with E-state index in [9.17, 15) is 14.3 Å². The highest BCUT2D eigenvalue weighted by molar-refractivity contribution is 9.10. The van der Waals surface area contributed by atoms with Crippen LogP contribution in [0.3, 0.4) is 0 Å². The van der Waals surface area contributed by atoms with Gasteiger partial charge in [0, 0.05) is 15.6 Å². The molecule has 1 atom stereocenters. The second-order valence-corrected chi connectivity index (χ2v) is 5.47. The van der Waals surface area contributed by atoms with E-state index in [0.717, 1.165) is 4.47 Å². The largest absolute Gasteiger partial charge is 0.383 e. The minimum atomic E-state index is -1.21. The first kappa shape index (κ1) is 13.2. The van der Waals surface area contributed by atoms with E-state index in [1.54, 1.807) is 48.5 Å². The first-order valence-electron chi connectivity index (χ1n) is 6.07. The molecule has 3 rings (SSSR count). The standard InChI is InChI=1S/C16H10BrFO2/c17-10-7-5-9(6-8-10)14(18)13-15(19)11-3-1-2-4-12(11)16(13)20/h1-8,15,19H. The number of fused-ring (bicyclic) bond motifs is 1. The maximum absolute atomic E-state index is 14.5. The van der Waals surface area contributed by atoms with Crippen LogP contribution in [0.5, 0.6) is 0 Å². The smallest absolute Gasteiger partial charge is 0.195 e. The summed E-state index contributed by atoms with van der Waals surface area (Å²) in [7, 11) is 0. The van der Waals surface area contributed by atoms with Crippen molar-refractivity contribution in [2.75, 3.05) is 0 Å². The summed E-state index contributed by atoms with van der Waals surface area (Å²) < 4.78 is 15.3. The third-order valence-electron chi connectivity index (χ3n) is 3.35. The third-order valence-corrected chi connectivity index (χ3v) is 3.88. The summed E-state index contributed by atoms with van der Waals surface area (Å²) in [5.41, 5.74) is 0.916. The number of halogens is 2. The Morgan fingerprint density at radius 3 is 2.40 bits per heavy atom. The Hall–Kier alpha value is -1.78. The van der Waals surface area contributed by atoms with Gasteiger partial charge in [-0.3, -0.25) is 4.79 Å². The lowest BCUT2D eigenvalue weighted by Gasteiger charge is -2.07. The van der Waals surface area contributed by atoms with Crippen molar-refractivity contribution in [1.82, 2.24) is 0 Å². The van der Waals surface area contributed by atoms with E-state index >= 15 is 0 Å².